The van der Waals surface area contributed by atoms with Gasteiger partial charge in [0.05, 0.1) is 5.56 Å². The molecule has 0 bridgehead atoms. The molecule has 4 nitrogen and oxygen atoms in total. The van der Waals surface area contributed by atoms with Gasteiger partial charge in [-0.1, -0.05) is 31.4 Å². The molecular weight excluding hydrogens is 284 g/mol. The molecule has 0 saturated carbocycles. The molecule has 0 amide bonds. The second kappa shape index (κ2) is 8.48. The van der Waals surface area contributed by atoms with Crippen molar-refractivity contribution in [3.8, 4) is 0 Å². The normalized spacial score (nSPS) is 10.9. The Morgan fingerprint density at radius 1 is 1.21 bits per heavy atom. The number of thioether (sulfide) groups is 1. The van der Waals surface area contributed by atoms with Crippen molar-refractivity contribution in [1.29, 1.82) is 0 Å². The molecular formula is C13H21ClN2O2S. The monoisotopic (exact) mass is 304 g/mol. The lowest BCUT2D eigenvalue weighted by Gasteiger charge is -2.07. The smallest absolute Gasteiger partial charge is 0.297 e. The number of nitrogens with one attached hydrogen (secondary N) is 1. The van der Waals surface area contributed by atoms with Crippen molar-refractivity contribution < 1.29 is 0 Å². The third-order valence-electron chi connectivity index (χ3n) is 3.06. The second-order valence-electron chi connectivity index (χ2n) is 4.44. The van der Waals surface area contributed by atoms with E-state index in [-0.39, 0.29) is 10.7 Å². The predicted molar refractivity (Wildman–Crippen MR) is 82.6 cm³/mol. The van der Waals surface area contributed by atoms with E-state index in [2.05, 4.69) is 11.2 Å². The number of aromatic nitrogens is 2. The van der Waals surface area contributed by atoms with Gasteiger partial charge in [0.1, 0.15) is 5.15 Å². The molecule has 1 aromatic heterocycles. The van der Waals surface area contributed by atoms with Crippen LogP contribution in [0.2, 0.25) is 5.15 Å². The summed E-state index contributed by atoms with van der Waals surface area (Å²) in [7, 11) is 0. The fraction of sp³-hybridized carbons (Fsp3) is 0.692. The minimum atomic E-state index is -0.406. The highest BCUT2D eigenvalue weighted by molar-refractivity contribution is 7.98. The van der Waals surface area contributed by atoms with Crippen LogP contribution in [0.3, 0.4) is 0 Å². The Bertz CT molecular complexity index is 510. The number of rotatable bonds is 8. The molecule has 1 rings (SSSR count). The van der Waals surface area contributed by atoms with E-state index in [1.165, 1.54) is 16.7 Å². The molecule has 0 fully saturated rings. The molecule has 1 heterocycles. The second-order valence-corrected chi connectivity index (χ2v) is 5.80. The van der Waals surface area contributed by atoms with Gasteiger partial charge in [0.2, 0.25) is 0 Å². The van der Waals surface area contributed by atoms with E-state index in [0.29, 0.717) is 18.5 Å². The lowest BCUT2D eigenvalue weighted by atomic mass is 10.2. The van der Waals surface area contributed by atoms with Gasteiger partial charge in [-0.25, -0.2) is 4.79 Å². The number of hydrogen-bond acceptors (Lipinski definition) is 3. The van der Waals surface area contributed by atoms with Crippen molar-refractivity contribution >= 4 is 23.4 Å². The van der Waals surface area contributed by atoms with Gasteiger partial charge in [0.15, 0.2) is 0 Å². The van der Waals surface area contributed by atoms with Crippen molar-refractivity contribution in [2.45, 2.75) is 45.6 Å². The molecule has 0 aromatic carbocycles. The van der Waals surface area contributed by atoms with Crippen molar-refractivity contribution in [3.63, 3.8) is 0 Å². The number of halogens is 1. The standard InChI is InChI=1S/C13H21ClN2O2S/c1-3-10-11(14)15-13(18)16(12(10)17)8-6-4-5-7-9-19-2/h3-9H2,1-2H3,(H,15,18). The minimum absolute atomic E-state index is 0.175. The van der Waals surface area contributed by atoms with Crippen molar-refractivity contribution in [2.24, 2.45) is 0 Å². The van der Waals surface area contributed by atoms with Crippen LogP contribution < -0.4 is 11.2 Å². The van der Waals surface area contributed by atoms with Crippen LogP contribution in [0.25, 0.3) is 0 Å². The summed E-state index contributed by atoms with van der Waals surface area (Å²) in [4.78, 5) is 26.3. The highest BCUT2D eigenvalue weighted by Gasteiger charge is 2.10. The van der Waals surface area contributed by atoms with Crippen LogP contribution in [0.1, 0.15) is 38.2 Å². The number of unbranched alkanes of at least 4 members (excludes halogenated alkanes) is 3. The van der Waals surface area contributed by atoms with E-state index in [1.807, 2.05) is 18.7 Å². The van der Waals surface area contributed by atoms with E-state index in [0.717, 1.165) is 19.3 Å². The van der Waals surface area contributed by atoms with Crippen LogP contribution >= 0.6 is 23.4 Å². The molecule has 0 saturated heterocycles. The fourth-order valence-corrected chi connectivity index (χ4v) is 2.75. The van der Waals surface area contributed by atoms with Gasteiger partial charge in [-0.3, -0.25) is 14.3 Å². The summed E-state index contributed by atoms with van der Waals surface area (Å²) < 4.78 is 1.26. The Morgan fingerprint density at radius 2 is 1.89 bits per heavy atom. The van der Waals surface area contributed by atoms with Crippen LogP contribution in [-0.4, -0.2) is 21.6 Å². The number of aromatic amines is 1. The van der Waals surface area contributed by atoms with Crippen LogP contribution in [0.15, 0.2) is 9.59 Å². The maximum atomic E-state index is 12.1. The maximum Gasteiger partial charge on any atom is 0.329 e. The van der Waals surface area contributed by atoms with E-state index < -0.39 is 5.69 Å². The third kappa shape index (κ3) is 4.73. The van der Waals surface area contributed by atoms with Crippen LogP contribution in [0, 0.1) is 0 Å². The number of H-pyrrole nitrogens is 1. The van der Waals surface area contributed by atoms with Gasteiger partial charge in [-0.15, -0.1) is 0 Å². The number of hydrogen-bond donors (Lipinski definition) is 1. The summed E-state index contributed by atoms with van der Waals surface area (Å²) in [5.41, 5.74) is -0.166. The van der Waals surface area contributed by atoms with E-state index >= 15 is 0 Å². The van der Waals surface area contributed by atoms with Crippen molar-refractivity contribution in [2.75, 3.05) is 12.0 Å². The SMILES string of the molecule is CCc1c(Cl)[nH]c(=O)n(CCCCCCSC)c1=O. The first-order valence-electron chi connectivity index (χ1n) is 6.62. The Balaban J connectivity index is 2.64. The summed E-state index contributed by atoms with van der Waals surface area (Å²) in [5.74, 6) is 1.17. The van der Waals surface area contributed by atoms with Gasteiger partial charge in [-0.2, -0.15) is 11.8 Å². The molecule has 108 valence electrons. The van der Waals surface area contributed by atoms with Crippen LogP contribution in [0.5, 0.6) is 0 Å². The Labute approximate surface area is 122 Å². The molecule has 1 N–H and O–H groups in total. The Kier molecular flexibility index (Phi) is 7.31. The highest BCUT2D eigenvalue weighted by Crippen LogP contribution is 2.07. The maximum absolute atomic E-state index is 12.1. The zero-order chi connectivity index (χ0) is 14.3. The Morgan fingerprint density at radius 3 is 2.53 bits per heavy atom. The van der Waals surface area contributed by atoms with Gasteiger partial charge >= 0.3 is 5.69 Å². The minimum Gasteiger partial charge on any atom is -0.297 e. The van der Waals surface area contributed by atoms with Gasteiger partial charge < -0.3 is 0 Å². The average Bonchev–Trinajstić information content (AvgIpc) is 2.37. The quantitative estimate of drug-likeness (QED) is 0.593. The molecule has 0 spiro atoms. The zero-order valence-corrected chi connectivity index (χ0v) is 13.1. The van der Waals surface area contributed by atoms with E-state index in [9.17, 15) is 9.59 Å². The summed E-state index contributed by atoms with van der Waals surface area (Å²) >= 11 is 7.70. The summed E-state index contributed by atoms with van der Waals surface area (Å²) in [6.45, 7) is 2.32. The number of nitrogens with zero attached hydrogens (tertiary/aromatic N) is 1. The molecule has 0 unspecified atom stereocenters. The van der Waals surface area contributed by atoms with Crippen molar-refractivity contribution in [1.82, 2.24) is 9.55 Å². The highest BCUT2D eigenvalue weighted by atomic mass is 35.5. The summed E-state index contributed by atoms with van der Waals surface area (Å²) in [6, 6.07) is 0. The van der Waals surface area contributed by atoms with Gasteiger partial charge in [0, 0.05) is 6.54 Å². The van der Waals surface area contributed by atoms with E-state index in [1.54, 1.807) is 0 Å². The van der Waals surface area contributed by atoms with Crippen molar-refractivity contribution in [3.05, 3.63) is 31.6 Å². The van der Waals surface area contributed by atoms with Gasteiger partial charge in [-0.05, 0) is 31.3 Å². The first-order valence-corrected chi connectivity index (χ1v) is 8.39. The fourth-order valence-electron chi connectivity index (χ4n) is 1.97. The average molecular weight is 305 g/mol. The third-order valence-corrected chi connectivity index (χ3v) is 4.08. The molecule has 0 radical (unpaired) electrons. The lowest BCUT2D eigenvalue weighted by molar-refractivity contribution is 0.547. The molecule has 0 aliphatic heterocycles. The molecule has 0 aliphatic rings. The topological polar surface area (TPSA) is 54.9 Å². The molecule has 6 heteroatoms. The Hall–Kier alpha value is -0.680. The molecule has 0 atom stereocenters. The largest absolute Gasteiger partial charge is 0.329 e. The van der Waals surface area contributed by atoms with E-state index in [4.69, 9.17) is 11.6 Å². The summed E-state index contributed by atoms with van der Waals surface area (Å²) in [6.07, 6.45) is 6.84. The first-order chi connectivity index (χ1) is 9.11. The van der Waals surface area contributed by atoms with Crippen LogP contribution in [0.4, 0.5) is 0 Å². The zero-order valence-electron chi connectivity index (χ0n) is 11.5. The molecule has 0 aliphatic carbocycles. The molecule has 19 heavy (non-hydrogen) atoms. The molecule has 1 aromatic rings. The lowest BCUT2D eigenvalue weighted by Crippen LogP contribution is -2.37. The predicted octanol–water partition coefficient (Wildman–Crippen LogP) is 2.68. The summed E-state index contributed by atoms with van der Waals surface area (Å²) in [5, 5.41) is 0.175. The van der Waals surface area contributed by atoms with Gasteiger partial charge in [0.25, 0.3) is 5.56 Å². The first kappa shape index (κ1) is 16.4. The van der Waals surface area contributed by atoms with Crippen LogP contribution in [-0.2, 0) is 13.0 Å².